The molecule has 1 fully saturated rings. The highest BCUT2D eigenvalue weighted by Crippen LogP contribution is 2.16. The van der Waals surface area contributed by atoms with Crippen molar-refractivity contribution < 1.29 is 9.53 Å². The first-order valence-corrected chi connectivity index (χ1v) is 10.1. The van der Waals surface area contributed by atoms with E-state index >= 15 is 0 Å². The van der Waals surface area contributed by atoms with Gasteiger partial charge in [-0.05, 0) is 25.5 Å². The van der Waals surface area contributed by atoms with E-state index in [1.165, 1.54) is 0 Å². The molecule has 1 N–H and O–H groups in total. The van der Waals surface area contributed by atoms with Crippen molar-refractivity contribution in [2.45, 2.75) is 26.4 Å². The van der Waals surface area contributed by atoms with E-state index in [2.05, 4.69) is 17.3 Å². The van der Waals surface area contributed by atoms with Crippen LogP contribution in [0, 0.1) is 0 Å². The van der Waals surface area contributed by atoms with Crippen LogP contribution in [0.25, 0.3) is 0 Å². The molecule has 1 aliphatic heterocycles. The number of carbonyl (C=O) groups excluding carboxylic acids is 1. The van der Waals surface area contributed by atoms with Gasteiger partial charge >= 0.3 is 0 Å². The molecule has 0 radical (unpaired) electrons. The molecular weight excluding hydrogens is 368 g/mol. The van der Waals surface area contributed by atoms with E-state index in [9.17, 15) is 4.79 Å². The lowest BCUT2D eigenvalue weighted by atomic mass is 10.2. The Morgan fingerprint density at radius 2 is 2.07 bits per heavy atom. The second-order valence-corrected chi connectivity index (χ2v) is 6.99. The van der Waals surface area contributed by atoms with Crippen molar-refractivity contribution in [2.75, 3.05) is 37.6 Å². The Bertz CT molecular complexity index is 820. The predicted octanol–water partition coefficient (Wildman–Crippen LogP) is 1.89. The minimum Gasteiger partial charge on any atom is -0.489 e. The molecule has 0 saturated carbocycles. The molecule has 156 valence electrons. The third-order valence-corrected chi connectivity index (χ3v) is 4.80. The number of carbonyl (C=O) groups is 1. The summed E-state index contributed by atoms with van der Waals surface area (Å²) in [5.41, 5.74) is 0.835. The van der Waals surface area contributed by atoms with E-state index in [1.807, 2.05) is 55.4 Å². The molecule has 0 bridgehead atoms. The van der Waals surface area contributed by atoms with E-state index in [1.54, 1.807) is 15.8 Å². The summed E-state index contributed by atoms with van der Waals surface area (Å²) in [5.74, 6) is 1.64. The van der Waals surface area contributed by atoms with Gasteiger partial charge in [-0.3, -0.25) is 9.48 Å². The fourth-order valence-electron chi connectivity index (χ4n) is 3.23. The fraction of sp³-hybridized carbons (Fsp3) is 0.476. The zero-order valence-electron chi connectivity index (χ0n) is 17.4. The van der Waals surface area contributed by atoms with Gasteiger partial charge in [0.25, 0.3) is 0 Å². The van der Waals surface area contributed by atoms with E-state index < -0.39 is 0 Å². The number of anilines is 1. The van der Waals surface area contributed by atoms with Crippen molar-refractivity contribution in [3.05, 3.63) is 42.7 Å². The van der Waals surface area contributed by atoms with Crippen LogP contribution < -0.4 is 15.0 Å². The van der Waals surface area contributed by atoms with Crippen LogP contribution in [-0.4, -0.2) is 65.4 Å². The number of piperazine rings is 1. The second kappa shape index (κ2) is 9.95. The maximum atomic E-state index is 12.7. The first-order chi connectivity index (χ1) is 14.1. The minimum absolute atomic E-state index is 0.0153. The summed E-state index contributed by atoms with van der Waals surface area (Å²) in [7, 11) is 1.85. The van der Waals surface area contributed by atoms with Gasteiger partial charge in [0.1, 0.15) is 18.4 Å². The Hall–Kier alpha value is -3.03. The van der Waals surface area contributed by atoms with Crippen LogP contribution in [0.4, 0.5) is 5.69 Å². The van der Waals surface area contributed by atoms with E-state index in [-0.39, 0.29) is 18.6 Å². The fourth-order valence-corrected chi connectivity index (χ4v) is 3.23. The topological polar surface area (TPSA) is 75.0 Å². The summed E-state index contributed by atoms with van der Waals surface area (Å²) in [4.78, 5) is 21.2. The van der Waals surface area contributed by atoms with E-state index in [0.29, 0.717) is 19.6 Å². The molecule has 1 atom stereocenters. The highest BCUT2D eigenvalue weighted by atomic mass is 16.5. The number of aliphatic imine (C=N–C) groups is 1. The number of rotatable bonds is 7. The predicted molar refractivity (Wildman–Crippen MR) is 114 cm³/mol. The standard InChI is InChI=1S/C21H30N6O2/c1-4-18(29-19-9-7-6-8-10-19)14-23-21(22-5-2)26-11-12-27(20(28)16-26)17-13-24-25(3)15-17/h6-10,13,15,18H,4-5,11-12,14,16H2,1-3H3,(H,22,23). The van der Waals surface area contributed by atoms with Gasteiger partial charge in [0, 0.05) is 32.9 Å². The van der Waals surface area contributed by atoms with Gasteiger partial charge in [-0.2, -0.15) is 5.10 Å². The monoisotopic (exact) mass is 398 g/mol. The van der Waals surface area contributed by atoms with Gasteiger partial charge in [0.2, 0.25) is 5.91 Å². The maximum absolute atomic E-state index is 12.7. The quantitative estimate of drug-likeness (QED) is 0.569. The number of hydrogen-bond acceptors (Lipinski definition) is 4. The molecule has 0 aliphatic carbocycles. The Morgan fingerprint density at radius 1 is 1.28 bits per heavy atom. The van der Waals surface area contributed by atoms with Crippen molar-refractivity contribution in [3.63, 3.8) is 0 Å². The molecule has 0 spiro atoms. The zero-order valence-corrected chi connectivity index (χ0v) is 17.4. The molecular formula is C21H30N6O2. The molecule has 1 unspecified atom stereocenters. The first kappa shape index (κ1) is 20.7. The third-order valence-electron chi connectivity index (χ3n) is 4.80. The van der Waals surface area contributed by atoms with Crippen molar-refractivity contribution in [1.82, 2.24) is 20.0 Å². The normalized spacial score (nSPS) is 16.1. The summed E-state index contributed by atoms with van der Waals surface area (Å²) in [6, 6.07) is 9.80. The summed E-state index contributed by atoms with van der Waals surface area (Å²) in [6.45, 7) is 7.00. The average Bonchev–Trinajstić information content (AvgIpc) is 3.16. The molecule has 1 aromatic heterocycles. The van der Waals surface area contributed by atoms with Crippen LogP contribution in [0.2, 0.25) is 0 Å². The maximum Gasteiger partial charge on any atom is 0.246 e. The number of ether oxygens (including phenoxy) is 1. The number of nitrogens with zero attached hydrogens (tertiary/aromatic N) is 5. The molecule has 8 heteroatoms. The molecule has 2 heterocycles. The molecule has 1 aromatic carbocycles. The number of amides is 1. The lowest BCUT2D eigenvalue weighted by Crippen LogP contribution is -2.55. The van der Waals surface area contributed by atoms with Crippen LogP contribution in [0.15, 0.2) is 47.7 Å². The molecule has 29 heavy (non-hydrogen) atoms. The van der Waals surface area contributed by atoms with Gasteiger partial charge in [-0.25, -0.2) is 4.99 Å². The Morgan fingerprint density at radius 3 is 2.69 bits per heavy atom. The van der Waals surface area contributed by atoms with Gasteiger partial charge < -0.3 is 19.9 Å². The van der Waals surface area contributed by atoms with Crippen LogP contribution in [0.1, 0.15) is 20.3 Å². The van der Waals surface area contributed by atoms with Crippen molar-refractivity contribution >= 4 is 17.6 Å². The zero-order chi connectivity index (χ0) is 20.6. The summed E-state index contributed by atoms with van der Waals surface area (Å²) in [5, 5.41) is 7.47. The number of benzene rings is 1. The molecule has 1 amide bonds. The number of aromatic nitrogens is 2. The van der Waals surface area contributed by atoms with Gasteiger partial charge in [0.15, 0.2) is 5.96 Å². The van der Waals surface area contributed by atoms with Crippen molar-refractivity contribution in [3.8, 4) is 5.75 Å². The lowest BCUT2D eigenvalue weighted by molar-refractivity contribution is -0.120. The van der Waals surface area contributed by atoms with Crippen molar-refractivity contribution in [2.24, 2.45) is 12.0 Å². The van der Waals surface area contributed by atoms with Gasteiger partial charge in [-0.1, -0.05) is 25.1 Å². The van der Waals surface area contributed by atoms with Crippen LogP contribution in [0.5, 0.6) is 5.75 Å². The smallest absolute Gasteiger partial charge is 0.246 e. The highest BCUT2D eigenvalue weighted by Gasteiger charge is 2.27. The minimum atomic E-state index is -0.0153. The first-order valence-electron chi connectivity index (χ1n) is 10.1. The van der Waals surface area contributed by atoms with Crippen LogP contribution in [-0.2, 0) is 11.8 Å². The molecule has 3 rings (SSSR count). The van der Waals surface area contributed by atoms with E-state index in [0.717, 1.165) is 30.4 Å². The number of nitrogens with one attached hydrogen (secondary N) is 1. The SMILES string of the molecule is CCNC(=NCC(CC)Oc1ccccc1)N1CCN(c2cnn(C)c2)C(=O)C1. The molecule has 2 aromatic rings. The second-order valence-electron chi connectivity index (χ2n) is 6.99. The average molecular weight is 399 g/mol. The van der Waals surface area contributed by atoms with Crippen LogP contribution >= 0.6 is 0 Å². The summed E-state index contributed by atoms with van der Waals surface area (Å²) >= 11 is 0. The molecule has 1 saturated heterocycles. The largest absolute Gasteiger partial charge is 0.489 e. The Labute approximate surface area is 172 Å². The summed E-state index contributed by atoms with van der Waals surface area (Å²) < 4.78 is 7.75. The summed E-state index contributed by atoms with van der Waals surface area (Å²) in [6.07, 6.45) is 4.42. The molecule has 1 aliphatic rings. The number of guanidine groups is 1. The van der Waals surface area contributed by atoms with Gasteiger partial charge in [0.05, 0.1) is 18.4 Å². The Balaban J connectivity index is 1.63. The van der Waals surface area contributed by atoms with Gasteiger partial charge in [-0.15, -0.1) is 0 Å². The number of hydrogen-bond donors (Lipinski definition) is 1. The van der Waals surface area contributed by atoms with Crippen LogP contribution in [0.3, 0.4) is 0 Å². The number of aryl methyl sites for hydroxylation is 1. The van der Waals surface area contributed by atoms with E-state index in [4.69, 9.17) is 9.73 Å². The van der Waals surface area contributed by atoms with Crippen molar-refractivity contribution in [1.29, 1.82) is 0 Å². The number of para-hydroxylation sites is 1. The third kappa shape index (κ3) is 5.49. The lowest BCUT2D eigenvalue weighted by Gasteiger charge is -2.35. The molecule has 8 nitrogen and oxygen atoms in total. The highest BCUT2D eigenvalue weighted by molar-refractivity contribution is 5.98. The Kier molecular flexibility index (Phi) is 7.10.